The maximum Gasteiger partial charge on any atom is 0.112 e. The molecule has 0 aliphatic carbocycles. The highest BCUT2D eigenvalue weighted by Crippen LogP contribution is 2.23. The lowest BCUT2D eigenvalue weighted by atomic mass is 9.96. The van der Waals surface area contributed by atoms with Crippen molar-refractivity contribution in [3.8, 4) is 11.4 Å². The summed E-state index contributed by atoms with van der Waals surface area (Å²) in [6, 6.07) is 5.75. The van der Waals surface area contributed by atoms with Crippen molar-refractivity contribution in [1.82, 2.24) is 15.0 Å². The molecule has 0 saturated heterocycles. The monoisotopic (exact) mass is 231 g/mol. The number of aliphatic hydroxyl groups is 1. The number of nitrogens with one attached hydrogen (secondary N) is 1. The lowest BCUT2D eigenvalue weighted by Crippen LogP contribution is -2.12. The van der Waals surface area contributed by atoms with Crippen LogP contribution in [0.3, 0.4) is 0 Å². The van der Waals surface area contributed by atoms with E-state index in [0.29, 0.717) is 5.92 Å². The van der Waals surface area contributed by atoms with Crippen LogP contribution in [0.5, 0.6) is 0 Å². The van der Waals surface area contributed by atoms with Crippen molar-refractivity contribution >= 4 is 0 Å². The maximum atomic E-state index is 9.35. The fourth-order valence-corrected chi connectivity index (χ4v) is 1.79. The number of aromatic amines is 1. The Kier molecular flexibility index (Phi) is 3.54. The van der Waals surface area contributed by atoms with Crippen LogP contribution in [0.4, 0.5) is 0 Å². The molecular formula is C13H17N3O. The van der Waals surface area contributed by atoms with Gasteiger partial charge in [0.15, 0.2) is 0 Å². The second kappa shape index (κ2) is 5.10. The highest BCUT2D eigenvalue weighted by atomic mass is 16.3. The zero-order chi connectivity index (χ0) is 12.3. The number of imidazole rings is 1. The van der Waals surface area contributed by atoms with E-state index in [1.54, 1.807) is 12.4 Å². The molecule has 1 atom stereocenters. The van der Waals surface area contributed by atoms with Gasteiger partial charge in [-0.1, -0.05) is 19.9 Å². The summed E-state index contributed by atoms with van der Waals surface area (Å²) in [6.07, 6.45) is 3.52. The van der Waals surface area contributed by atoms with E-state index in [1.807, 2.05) is 18.2 Å². The second-order valence-corrected chi connectivity index (χ2v) is 4.43. The van der Waals surface area contributed by atoms with Crippen molar-refractivity contribution in [2.75, 3.05) is 6.61 Å². The SMILES string of the molecule is CC(C)C(CO)c1ncc(-c2ccccn2)[nH]1. The summed E-state index contributed by atoms with van der Waals surface area (Å²) in [5.74, 6) is 1.22. The molecule has 90 valence electrons. The van der Waals surface area contributed by atoms with Crippen LogP contribution in [0, 0.1) is 5.92 Å². The Hall–Kier alpha value is -1.68. The molecule has 2 aromatic heterocycles. The Morgan fingerprint density at radius 2 is 2.12 bits per heavy atom. The van der Waals surface area contributed by atoms with Crippen molar-refractivity contribution in [2.45, 2.75) is 19.8 Å². The van der Waals surface area contributed by atoms with E-state index < -0.39 is 0 Å². The van der Waals surface area contributed by atoms with E-state index in [-0.39, 0.29) is 12.5 Å². The minimum absolute atomic E-state index is 0.0486. The molecule has 0 radical (unpaired) electrons. The van der Waals surface area contributed by atoms with E-state index in [1.165, 1.54) is 0 Å². The van der Waals surface area contributed by atoms with Crippen LogP contribution in [0.25, 0.3) is 11.4 Å². The fraction of sp³-hybridized carbons (Fsp3) is 0.385. The van der Waals surface area contributed by atoms with Gasteiger partial charge in [-0.2, -0.15) is 0 Å². The molecule has 4 heteroatoms. The number of pyridine rings is 1. The van der Waals surface area contributed by atoms with Gasteiger partial charge in [0, 0.05) is 12.1 Å². The Morgan fingerprint density at radius 3 is 2.71 bits per heavy atom. The molecule has 17 heavy (non-hydrogen) atoms. The summed E-state index contributed by atoms with van der Waals surface area (Å²) in [5.41, 5.74) is 1.76. The molecule has 2 rings (SSSR count). The number of H-pyrrole nitrogens is 1. The van der Waals surface area contributed by atoms with Gasteiger partial charge in [-0.15, -0.1) is 0 Å². The number of nitrogens with zero attached hydrogens (tertiary/aromatic N) is 2. The van der Waals surface area contributed by atoms with Crippen LogP contribution in [0.1, 0.15) is 25.6 Å². The molecule has 0 saturated carbocycles. The van der Waals surface area contributed by atoms with Crippen molar-refractivity contribution in [2.24, 2.45) is 5.92 Å². The summed E-state index contributed by atoms with van der Waals surface area (Å²) in [6.45, 7) is 4.25. The minimum Gasteiger partial charge on any atom is -0.396 e. The van der Waals surface area contributed by atoms with E-state index in [2.05, 4.69) is 28.8 Å². The van der Waals surface area contributed by atoms with Gasteiger partial charge in [0.05, 0.1) is 24.2 Å². The summed E-state index contributed by atoms with van der Waals surface area (Å²) < 4.78 is 0. The molecule has 1 unspecified atom stereocenters. The van der Waals surface area contributed by atoms with Gasteiger partial charge in [0.1, 0.15) is 5.82 Å². The van der Waals surface area contributed by atoms with Gasteiger partial charge in [-0.25, -0.2) is 4.98 Å². The number of hydrogen-bond acceptors (Lipinski definition) is 3. The van der Waals surface area contributed by atoms with Gasteiger partial charge in [0.2, 0.25) is 0 Å². The molecule has 0 aliphatic rings. The topological polar surface area (TPSA) is 61.8 Å². The van der Waals surface area contributed by atoms with Gasteiger partial charge in [0.25, 0.3) is 0 Å². The zero-order valence-corrected chi connectivity index (χ0v) is 10.1. The van der Waals surface area contributed by atoms with E-state index >= 15 is 0 Å². The number of aliphatic hydroxyl groups excluding tert-OH is 1. The molecule has 2 N–H and O–H groups in total. The van der Waals surface area contributed by atoms with Crippen molar-refractivity contribution in [1.29, 1.82) is 0 Å². The number of rotatable bonds is 4. The molecule has 0 aromatic carbocycles. The van der Waals surface area contributed by atoms with E-state index in [4.69, 9.17) is 0 Å². The lowest BCUT2D eigenvalue weighted by molar-refractivity contribution is 0.232. The fourth-order valence-electron chi connectivity index (χ4n) is 1.79. The summed E-state index contributed by atoms with van der Waals surface area (Å²) in [4.78, 5) is 11.8. The van der Waals surface area contributed by atoms with Gasteiger partial charge < -0.3 is 10.1 Å². The molecule has 0 amide bonds. The van der Waals surface area contributed by atoms with Crippen LogP contribution in [0.2, 0.25) is 0 Å². The Labute approximate surface area is 101 Å². The highest BCUT2D eigenvalue weighted by Gasteiger charge is 2.18. The van der Waals surface area contributed by atoms with Crippen LogP contribution in [0.15, 0.2) is 30.6 Å². The van der Waals surface area contributed by atoms with E-state index in [0.717, 1.165) is 17.2 Å². The number of aromatic nitrogens is 3. The average Bonchev–Trinajstić information content (AvgIpc) is 2.80. The Balaban J connectivity index is 2.27. The third-order valence-corrected chi connectivity index (χ3v) is 2.89. The van der Waals surface area contributed by atoms with Crippen molar-refractivity contribution < 1.29 is 5.11 Å². The first-order valence-corrected chi connectivity index (χ1v) is 5.79. The van der Waals surface area contributed by atoms with Crippen molar-refractivity contribution in [3.05, 3.63) is 36.4 Å². The van der Waals surface area contributed by atoms with Gasteiger partial charge in [-0.05, 0) is 18.1 Å². The summed E-state index contributed by atoms with van der Waals surface area (Å²) in [5, 5.41) is 9.35. The molecule has 4 nitrogen and oxygen atoms in total. The first-order valence-electron chi connectivity index (χ1n) is 5.79. The Bertz CT molecular complexity index is 465. The highest BCUT2D eigenvalue weighted by molar-refractivity contribution is 5.52. The first kappa shape index (κ1) is 11.8. The van der Waals surface area contributed by atoms with Crippen LogP contribution < -0.4 is 0 Å². The smallest absolute Gasteiger partial charge is 0.112 e. The van der Waals surface area contributed by atoms with Gasteiger partial charge in [-0.3, -0.25) is 4.98 Å². The second-order valence-electron chi connectivity index (χ2n) is 4.43. The molecule has 0 fully saturated rings. The Morgan fingerprint density at radius 1 is 1.29 bits per heavy atom. The van der Waals surface area contributed by atoms with Crippen LogP contribution in [-0.2, 0) is 0 Å². The largest absolute Gasteiger partial charge is 0.396 e. The molecule has 0 spiro atoms. The minimum atomic E-state index is 0.0486. The lowest BCUT2D eigenvalue weighted by Gasteiger charge is -2.15. The molecule has 2 aromatic rings. The molecule has 2 heterocycles. The number of hydrogen-bond donors (Lipinski definition) is 2. The average molecular weight is 231 g/mol. The van der Waals surface area contributed by atoms with Gasteiger partial charge >= 0.3 is 0 Å². The standard InChI is InChI=1S/C13H17N3O/c1-9(2)10(8-17)13-15-7-12(16-13)11-5-3-4-6-14-11/h3-7,9-10,17H,8H2,1-2H3,(H,15,16). The predicted molar refractivity (Wildman–Crippen MR) is 66.5 cm³/mol. The summed E-state index contributed by atoms with van der Waals surface area (Å²) in [7, 11) is 0. The van der Waals surface area contributed by atoms with E-state index in [9.17, 15) is 5.11 Å². The quantitative estimate of drug-likeness (QED) is 0.848. The zero-order valence-electron chi connectivity index (χ0n) is 10.1. The van der Waals surface area contributed by atoms with Crippen LogP contribution in [-0.4, -0.2) is 26.7 Å². The summed E-state index contributed by atoms with van der Waals surface area (Å²) >= 11 is 0. The third kappa shape index (κ3) is 2.53. The van der Waals surface area contributed by atoms with Crippen molar-refractivity contribution in [3.63, 3.8) is 0 Å². The predicted octanol–water partition coefficient (Wildman–Crippen LogP) is 2.20. The van der Waals surface area contributed by atoms with Crippen LogP contribution >= 0.6 is 0 Å². The maximum absolute atomic E-state index is 9.35. The first-order chi connectivity index (χ1) is 8.22. The normalized spacial score (nSPS) is 12.9. The molecular weight excluding hydrogens is 214 g/mol. The third-order valence-electron chi connectivity index (χ3n) is 2.89. The molecule has 0 bridgehead atoms. The molecule has 0 aliphatic heterocycles.